The summed E-state index contributed by atoms with van der Waals surface area (Å²) in [6, 6.07) is 4.15. The number of carbonyl (C=O) groups is 1. The Morgan fingerprint density at radius 3 is 2.65 bits per heavy atom. The van der Waals surface area contributed by atoms with Crippen molar-refractivity contribution >= 4 is 11.6 Å². The molecule has 0 saturated carbocycles. The first kappa shape index (κ1) is 15.4. The van der Waals surface area contributed by atoms with Gasteiger partial charge in [-0.3, -0.25) is 9.48 Å². The summed E-state index contributed by atoms with van der Waals surface area (Å²) in [4.78, 5) is 15.7. The van der Waals surface area contributed by atoms with Gasteiger partial charge in [-0.05, 0) is 12.1 Å². The molecular formula is C15H17F2N5O. The minimum absolute atomic E-state index is 0.0277. The summed E-state index contributed by atoms with van der Waals surface area (Å²) in [6.07, 6.45) is 3.62. The highest BCUT2D eigenvalue weighted by molar-refractivity contribution is 5.76. The number of piperazine rings is 1. The highest BCUT2D eigenvalue weighted by Crippen LogP contribution is 2.22. The fourth-order valence-corrected chi connectivity index (χ4v) is 2.65. The van der Waals surface area contributed by atoms with Crippen LogP contribution in [0.3, 0.4) is 0 Å². The van der Waals surface area contributed by atoms with Gasteiger partial charge in [0.2, 0.25) is 5.91 Å². The highest BCUT2D eigenvalue weighted by atomic mass is 19.2. The summed E-state index contributed by atoms with van der Waals surface area (Å²) < 4.78 is 28.7. The van der Waals surface area contributed by atoms with Crippen molar-refractivity contribution in [3.8, 4) is 0 Å². The van der Waals surface area contributed by atoms with Gasteiger partial charge in [0.1, 0.15) is 0 Å². The predicted molar refractivity (Wildman–Crippen MR) is 79.8 cm³/mol. The number of nitrogens with zero attached hydrogens (tertiary/aromatic N) is 5. The number of aromatic nitrogens is 3. The van der Waals surface area contributed by atoms with Crippen molar-refractivity contribution in [1.29, 1.82) is 0 Å². The van der Waals surface area contributed by atoms with Crippen LogP contribution in [-0.2, 0) is 11.3 Å². The van der Waals surface area contributed by atoms with E-state index in [9.17, 15) is 13.6 Å². The number of benzene rings is 1. The third kappa shape index (κ3) is 3.46. The van der Waals surface area contributed by atoms with E-state index in [0.29, 0.717) is 39.1 Å². The van der Waals surface area contributed by atoms with Crippen LogP contribution in [-0.4, -0.2) is 52.0 Å². The number of rotatable bonds is 4. The van der Waals surface area contributed by atoms with E-state index in [0.717, 1.165) is 6.07 Å². The van der Waals surface area contributed by atoms with E-state index in [1.807, 2.05) is 0 Å². The Morgan fingerprint density at radius 1 is 1.17 bits per heavy atom. The van der Waals surface area contributed by atoms with Gasteiger partial charge < -0.3 is 9.80 Å². The Balaban J connectivity index is 1.53. The summed E-state index contributed by atoms with van der Waals surface area (Å²) >= 11 is 0. The molecule has 1 amide bonds. The maximum atomic E-state index is 13.8. The fraction of sp³-hybridized carbons (Fsp3) is 0.400. The number of aryl methyl sites for hydroxylation is 1. The maximum Gasteiger partial charge on any atom is 0.224 e. The molecule has 8 heteroatoms. The zero-order chi connectivity index (χ0) is 16.2. The van der Waals surface area contributed by atoms with E-state index in [1.54, 1.807) is 32.9 Å². The van der Waals surface area contributed by atoms with Crippen LogP contribution in [0.1, 0.15) is 6.42 Å². The molecule has 1 aromatic heterocycles. The second kappa shape index (κ2) is 6.72. The number of hydrogen-bond acceptors (Lipinski definition) is 4. The maximum absolute atomic E-state index is 13.8. The zero-order valence-corrected chi connectivity index (χ0v) is 12.5. The van der Waals surface area contributed by atoms with Crippen molar-refractivity contribution in [2.45, 2.75) is 13.0 Å². The summed E-state index contributed by atoms with van der Waals surface area (Å²) in [5.41, 5.74) is 0.250. The molecule has 0 spiro atoms. The monoisotopic (exact) mass is 321 g/mol. The Morgan fingerprint density at radius 2 is 1.96 bits per heavy atom. The third-order valence-corrected chi connectivity index (χ3v) is 3.93. The van der Waals surface area contributed by atoms with Gasteiger partial charge in [-0.15, -0.1) is 5.10 Å². The molecule has 0 atom stereocenters. The van der Waals surface area contributed by atoms with E-state index < -0.39 is 11.6 Å². The van der Waals surface area contributed by atoms with Crippen molar-refractivity contribution in [3.63, 3.8) is 0 Å². The predicted octanol–water partition coefficient (Wildman–Crippen LogP) is 1.30. The summed E-state index contributed by atoms with van der Waals surface area (Å²) in [6.45, 7) is 2.43. The van der Waals surface area contributed by atoms with Crippen LogP contribution < -0.4 is 4.90 Å². The summed E-state index contributed by atoms with van der Waals surface area (Å²) in [5, 5.41) is 7.50. The fourth-order valence-electron chi connectivity index (χ4n) is 2.65. The lowest BCUT2D eigenvalue weighted by Gasteiger charge is -2.36. The van der Waals surface area contributed by atoms with E-state index in [1.165, 1.54) is 6.07 Å². The van der Waals surface area contributed by atoms with Gasteiger partial charge in [0.25, 0.3) is 0 Å². The van der Waals surface area contributed by atoms with E-state index in [2.05, 4.69) is 10.3 Å². The molecular weight excluding hydrogens is 304 g/mol. The van der Waals surface area contributed by atoms with Crippen molar-refractivity contribution in [2.24, 2.45) is 0 Å². The van der Waals surface area contributed by atoms with Crippen LogP contribution in [0.25, 0.3) is 0 Å². The van der Waals surface area contributed by atoms with Gasteiger partial charge in [-0.2, -0.15) is 0 Å². The number of carbonyl (C=O) groups excluding carboxylic acids is 1. The normalized spacial score (nSPS) is 15.0. The van der Waals surface area contributed by atoms with Gasteiger partial charge in [-0.25, -0.2) is 8.78 Å². The van der Waals surface area contributed by atoms with E-state index >= 15 is 0 Å². The topological polar surface area (TPSA) is 54.3 Å². The van der Waals surface area contributed by atoms with Crippen molar-refractivity contribution in [3.05, 3.63) is 42.2 Å². The van der Waals surface area contributed by atoms with Gasteiger partial charge in [-0.1, -0.05) is 11.3 Å². The quantitative estimate of drug-likeness (QED) is 0.852. The molecule has 0 bridgehead atoms. The molecule has 1 aliphatic rings. The third-order valence-electron chi connectivity index (χ3n) is 3.93. The number of anilines is 1. The molecule has 2 aromatic rings. The van der Waals surface area contributed by atoms with Crippen LogP contribution in [0.4, 0.5) is 14.5 Å². The molecule has 122 valence electrons. The highest BCUT2D eigenvalue weighted by Gasteiger charge is 2.23. The molecule has 2 heterocycles. The lowest BCUT2D eigenvalue weighted by atomic mass is 10.2. The smallest absolute Gasteiger partial charge is 0.224 e. The van der Waals surface area contributed by atoms with Crippen LogP contribution in [0.5, 0.6) is 0 Å². The van der Waals surface area contributed by atoms with Gasteiger partial charge >= 0.3 is 0 Å². The summed E-state index contributed by atoms with van der Waals surface area (Å²) in [7, 11) is 0. The van der Waals surface area contributed by atoms with Crippen LogP contribution in [0, 0.1) is 11.6 Å². The van der Waals surface area contributed by atoms with Crippen molar-refractivity contribution < 1.29 is 13.6 Å². The standard InChI is InChI=1S/C15H17F2N5O/c16-12-2-1-3-13(15(12)17)20-8-10-21(11-9-20)14(23)4-6-22-7-5-18-19-22/h1-3,5,7H,4,6,8-11H2. The molecule has 0 N–H and O–H groups in total. The molecule has 6 nitrogen and oxygen atoms in total. The lowest BCUT2D eigenvalue weighted by Crippen LogP contribution is -2.49. The average molecular weight is 321 g/mol. The number of halogens is 2. The first-order valence-electron chi connectivity index (χ1n) is 7.46. The molecule has 1 aliphatic heterocycles. The van der Waals surface area contributed by atoms with Crippen LogP contribution in [0.15, 0.2) is 30.6 Å². The van der Waals surface area contributed by atoms with Crippen molar-refractivity contribution in [1.82, 2.24) is 19.9 Å². The first-order valence-corrected chi connectivity index (χ1v) is 7.46. The largest absolute Gasteiger partial charge is 0.366 e. The second-order valence-electron chi connectivity index (χ2n) is 5.36. The molecule has 0 unspecified atom stereocenters. The van der Waals surface area contributed by atoms with Crippen LogP contribution in [0.2, 0.25) is 0 Å². The molecule has 3 rings (SSSR count). The Hall–Kier alpha value is -2.51. The number of hydrogen-bond donors (Lipinski definition) is 0. The molecule has 1 saturated heterocycles. The first-order chi connectivity index (χ1) is 11.1. The van der Waals surface area contributed by atoms with Gasteiger partial charge in [0.05, 0.1) is 18.4 Å². The zero-order valence-electron chi connectivity index (χ0n) is 12.5. The van der Waals surface area contributed by atoms with E-state index in [4.69, 9.17) is 0 Å². The molecule has 1 fully saturated rings. The van der Waals surface area contributed by atoms with Crippen molar-refractivity contribution in [2.75, 3.05) is 31.1 Å². The van der Waals surface area contributed by atoms with E-state index in [-0.39, 0.29) is 11.6 Å². The molecule has 0 aliphatic carbocycles. The Labute approximate surface area is 132 Å². The SMILES string of the molecule is O=C(CCn1ccnn1)N1CCN(c2cccc(F)c2F)CC1. The summed E-state index contributed by atoms with van der Waals surface area (Å²) in [5.74, 6) is -1.66. The Bertz CT molecular complexity index is 669. The molecule has 0 radical (unpaired) electrons. The molecule has 23 heavy (non-hydrogen) atoms. The molecule has 1 aromatic carbocycles. The number of amides is 1. The van der Waals surface area contributed by atoms with Gasteiger partial charge in [0, 0.05) is 38.8 Å². The Kier molecular flexibility index (Phi) is 4.50. The second-order valence-corrected chi connectivity index (χ2v) is 5.36. The average Bonchev–Trinajstić information content (AvgIpc) is 3.09. The minimum atomic E-state index is -0.853. The van der Waals surface area contributed by atoms with Gasteiger partial charge in [0.15, 0.2) is 11.6 Å². The lowest BCUT2D eigenvalue weighted by molar-refractivity contribution is -0.131. The van der Waals surface area contributed by atoms with Crippen LogP contribution >= 0.6 is 0 Å². The minimum Gasteiger partial charge on any atom is -0.366 e.